The average Bonchev–Trinajstić information content (AvgIpc) is 3.18. The van der Waals surface area contributed by atoms with E-state index < -0.39 is 21.7 Å². The quantitative estimate of drug-likeness (QED) is 0.658. The van der Waals surface area contributed by atoms with E-state index in [9.17, 15) is 18.0 Å². The summed E-state index contributed by atoms with van der Waals surface area (Å²) in [6.45, 7) is 6.48. The number of aromatic nitrogens is 2. The number of anilines is 1. The Morgan fingerprint density at radius 1 is 1.12 bits per heavy atom. The molecule has 0 bridgehead atoms. The lowest BCUT2D eigenvalue weighted by Crippen LogP contribution is -2.46. The molecule has 4 rings (SSSR count). The Morgan fingerprint density at radius 2 is 1.82 bits per heavy atom. The van der Waals surface area contributed by atoms with E-state index in [0.717, 1.165) is 19.3 Å². The van der Waals surface area contributed by atoms with Crippen molar-refractivity contribution in [3.8, 4) is 11.4 Å². The van der Waals surface area contributed by atoms with Crippen LogP contribution in [-0.2, 0) is 30.9 Å². The van der Waals surface area contributed by atoms with Crippen LogP contribution in [0.5, 0.6) is 5.75 Å². The van der Waals surface area contributed by atoms with Crippen LogP contribution in [0.25, 0.3) is 5.69 Å². The average molecular weight is 475 g/mol. The molecule has 178 valence electrons. The number of fused-ring (bicyclic) bond motifs is 1. The minimum atomic E-state index is -3.34. The number of carbonyl (C=O) groups excluding carboxylic acids is 2. The van der Waals surface area contributed by atoms with E-state index in [-0.39, 0.29) is 28.8 Å². The van der Waals surface area contributed by atoms with Gasteiger partial charge in [-0.2, -0.15) is 5.10 Å². The second kappa shape index (κ2) is 8.48. The van der Waals surface area contributed by atoms with Gasteiger partial charge >= 0.3 is 11.8 Å². The van der Waals surface area contributed by atoms with Crippen molar-refractivity contribution in [2.45, 2.75) is 57.6 Å². The molecule has 0 spiro atoms. The topological polar surface area (TPSA) is 119 Å². The van der Waals surface area contributed by atoms with Crippen molar-refractivity contribution in [1.82, 2.24) is 15.1 Å². The summed E-state index contributed by atoms with van der Waals surface area (Å²) in [5.41, 5.74) is 1.50. The van der Waals surface area contributed by atoms with E-state index in [4.69, 9.17) is 4.74 Å². The molecule has 33 heavy (non-hydrogen) atoms. The summed E-state index contributed by atoms with van der Waals surface area (Å²) in [4.78, 5) is 25.6. The van der Waals surface area contributed by atoms with Gasteiger partial charge in [0.2, 0.25) is 0 Å². The number of rotatable bonds is 4. The first-order valence-corrected chi connectivity index (χ1v) is 12.9. The molecule has 1 aliphatic heterocycles. The Labute approximate surface area is 193 Å². The number of nitrogens with zero attached hydrogens (tertiary/aromatic N) is 2. The zero-order valence-electron chi connectivity index (χ0n) is 19.3. The molecular weight excluding hydrogens is 444 g/mol. The van der Waals surface area contributed by atoms with Crippen LogP contribution >= 0.6 is 0 Å². The highest BCUT2D eigenvalue weighted by atomic mass is 32.2. The zero-order valence-corrected chi connectivity index (χ0v) is 20.2. The van der Waals surface area contributed by atoms with Gasteiger partial charge in [0, 0.05) is 11.6 Å². The van der Waals surface area contributed by atoms with Gasteiger partial charge in [-0.25, -0.2) is 13.1 Å². The Kier molecular flexibility index (Phi) is 5.98. The number of sulfone groups is 1. The van der Waals surface area contributed by atoms with Gasteiger partial charge in [-0.15, -0.1) is 0 Å². The van der Waals surface area contributed by atoms with Gasteiger partial charge in [-0.3, -0.25) is 9.59 Å². The van der Waals surface area contributed by atoms with E-state index in [1.165, 1.54) is 4.68 Å². The molecule has 9 nitrogen and oxygen atoms in total. The summed E-state index contributed by atoms with van der Waals surface area (Å²) in [7, 11) is -1.78. The Balaban J connectivity index is 1.57. The number of methoxy groups -OCH3 is 1. The largest absolute Gasteiger partial charge is 0.497 e. The third-order valence-electron chi connectivity index (χ3n) is 6.26. The van der Waals surface area contributed by atoms with Gasteiger partial charge in [-0.05, 0) is 54.9 Å². The van der Waals surface area contributed by atoms with Crippen molar-refractivity contribution in [1.29, 1.82) is 0 Å². The van der Waals surface area contributed by atoms with Gasteiger partial charge in [0.15, 0.2) is 9.84 Å². The number of amides is 2. The Bertz CT molecular complexity index is 1180. The molecule has 1 aromatic carbocycles. The smallest absolute Gasteiger partial charge is 0.314 e. The summed E-state index contributed by atoms with van der Waals surface area (Å²) < 4.78 is 30.9. The first-order chi connectivity index (χ1) is 15.5. The maximum Gasteiger partial charge on any atom is 0.314 e. The highest BCUT2D eigenvalue weighted by Gasteiger charge is 2.36. The standard InChI is InChI=1S/C23H30N4O5S/c1-14-9-15(11-23(2,3)10-14)24-21(28)22(29)25-20-18-12-33(30,31)13-19(18)26-27(20)16-5-7-17(32-4)8-6-16/h5-8,14-15H,9-13H2,1-4H3,(H,24,28)(H,25,29). The van der Waals surface area contributed by atoms with Crippen molar-refractivity contribution < 1.29 is 22.7 Å². The molecule has 2 amide bonds. The molecule has 2 N–H and O–H groups in total. The first-order valence-electron chi connectivity index (χ1n) is 11.0. The predicted octanol–water partition coefficient (Wildman–Crippen LogP) is 2.58. The van der Waals surface area contributed by atoms with Gasteiger partial charge < -0.3 is 15.4 Å². The number of hydrogen-bond donors (Lipinski definition) is 2. The number of benzene rings is 1. The molecule has 0 radical (unpaired) electrons. The van der Waals surface area contributed by atoms with Gasteiger partial charge in [-0.1, -0.05) is 20.8 Å². The van der Waals surface area contributed by atoms with E-state index in [1.54, 1.807) is 31.4 Å². The van der Waals surface area contributed by atoms with E-state index >= 15 is 0 Å². The second-order valence-corrected chi connectivity index (χ2v) is 12.0. The van der Waals surface area contributed by atoms with Crippen LogP contribution < -0.4 is 15.4 Å². The molecule has 2 unspecified atom stereocenters. The molecule has 0 saturated heterocycles. The van der Waals surface area contributed by atoms with Crippen LogP contribution in [0.4, 0.5) is 5.82 Å². The molecule has 1 aromatic heterocycles. The summed E-state index contributed by atoms with van der Waals surface area (Å²) in [5.74, 6) is -0.703. The fourth-order valence-corrected chi connectivity index (χ4v) is 6.65. The van der Waals surface area contributed by atoms with Crippen LogP contribution in [0, 0.1) is 11.3 Å². The Morgan fingerprint density at radius 3 is 2.45 bits per heavy atom. The van der Waals surface area contributed by atoms with E-state index in [1.807, 2.05) is 0 Å². The number of nitrogens with one attached hydrogen (secondary N) is 2. The summed E-state index contributed by atoms with van der Waals surface area (Å²) in [5, 5.41) is 9.91. The second-order valence-electron chi connectivity index (χ2n) is 9.95. The van der Waals surface area contributed by atoms with Crippen molar-refractivity contribution in [3.63, 3.8) is 0 Å². The molecule has 1 aliphatic carbocycles. The Hall–Kier alpha value is -2.88. The zero-order chi connectivity index (χ0) is 24.0. The van der Waals surface area contributed by atoms with Gasteiger partial charge in [0.25, 0.3) is 0 Å². The SMILES string of the molecule is COc1ccc(-n2nc3c(c2NC(=O)C(=O)NC2CC(C)CC(C)(C)C2)CS(=O)(=O)C3)cc1. The minimum Gasteiger partial charge on any atom is -0.497 e. The molecule has 1 saturated carbocycles. The van der Waals surface area contributed by atoms with Gasteiger partial charge in [0.1, 0.15) is 11.6 Å². The third kappa shape index (κ3) is 5.05. The first kappa shape index (κ1) is 23.3. The van der Waals surface area contributed by atoms with E-state index in [2.05, 4.69) is 36.5 Å². The molecule has 2 atom stereocenters. The molecule has 10 heteroatoms. The lowest BCUT2D eigenvalue weighted by Gasteiger charge is -2.39. The highest BCUT2D eigenvalue weighted by Crippen LogP contribution is 2.38. The van der Waals surface area contributed by atoms with Crippen molar-refractivity contribution in [2.24, 2.45) is 11.3 Å². The van der Waals surface area contributed by atoms with Crippen LogP contribution in [0.15, 0.2) is 24.3 Å². The van der Waals surface area contributed by atoms with Crippen LogP contribution in [-0.4, -0.2) is 43.2 Å². The maximum absolute atomic E-state index is 12.8. The predicted molar refractivity (Wildman–Crippen MR) is 124 cm³/mol. The number of carbonyl (C=O) groups is 2. The molecule has 2 heterocycles. The van der Waals surface area contributed by atoms with Crippen LogP contribution in [0.1, 0.15) is 51.3 Å². The van der Waals surface area contributed by atoms with E-state index in [0.29, 0.717) is 28.6 Å². The van der Waals surface area contributed by atoms with Crippen LogP contribution in [0.3, 0.4) is 0 Å². The third-order valence-corrected chi connectivity index (χ3v) is 7.71. The summed E-state index contributed by atoms with van der Waals surface area (Å²) in [6.07, 6.45) is 2.70. The molecular formula is C23H30N4O5S. The molecule has 2 aromatic rings. The number of hydrogen-bond acceptors (Lipinski definition) is 6. The van der Waals surface area contributed by atoms with Crippen molar-refractivity contribution in [3.05, 3.63) is 35.5 Å². The highest BCUT2D eigenvalue weighted by molar-refractivity contribution is 7.90. The van der Waals surface area contributed by atoms with Crippen molar-refractivity contribution in [2.75, 3.05) is 12.4 Å². The summed E-state index contributed by atoms with van der Waals surface area (Å²) in [6, 6.07) is 6.89. The van der Waals surface area contributed by atoms with Crippen molar-refractivity contribution >= 4 is 27.5 Å². The fraction of sp³-hybridized carbons (Fsp3) is 0.522. The molecule has 2 aliphatic rings. The normalized spacial score (nSPS) is 22.9. The monoisotopic (exact) mass is 474 g/mol. The maximum atomic E-state index is 12.8. The lowest BCUT2D eigenvalue weighted by molar-refractivity contribution is -0.137. The van der Waals surface area contributed by atoms with Crippen LogP contribution in [0.2, 0.25) is 0 Å². The lowest BCUT2D eigenvalue weighted by atomic mass is 9.70. The number of ether oxygens (including phenoxy) is 1. The van der Waals surface area contributed by atoms with Gasteiger partial charge in [0.05, 0.1) is 30.0 Å². The minimum absolute atomic E-state index is 0.0837. The fourth-order valence-electron chi connectivity index (χ4n) is 5.15. The molecule has 1 fully saturated rings. The summed E-state index contributed by atoms with van der Waals surface area (Å²) >= 11 is 0.